The van der Waals surface area contributed by atoms with Crippen LogP contribution >= 0.6 is 35.6 Å². The van der Waals surface area contributed by atoms with Crippen molar-refractivity contribution >= 4 is 64.3 Å². The second kappa shape index (κ2) is 9.56. The Morgan fingerprint density at radius 3 is 2.12 bits per heavy atom. The number of anilines is 1. The molecule has 0 bridgehead atoms. The second-order valence-corrected chi connectivity index (χ2v) is 8.75. The van der Waals surface area contributed by atoms with Crippen molar-refractivity contribution in [3.05, 3.63) is 89.0 Å². The lowest BCUT2D eigenvalue weighted by Crippen LogP contribution is -2.54. The first-order valence-corrected chi connectivity index (χ1v) is 11.1. The number of rotatable bonds is 5. The summed E-state index contributed by atoms with van der Waals surface area (Å²) in [6, 6.07) is 22.0. The molecule has 0 aromatic heterocycles. The standard InChI is InChI=1S/C24H17ClN2O3S2/c1-30-18-8-6-17(7-9-18)27-23(29)21(22(28)26-24(27)31)14-15-2-10-19(11-3-15)32-20-12-4-16(25)5-13-20/h2-14H,1H3,(H,26,28,31)/b21-14+. The van der Waals surface area contributed by atoms with E-state index in [1.807, 2.05) is 48.5 Å². The number of amides is 2. The Hall–Kier alpha value is -3.13. The van der Waals surface area contributed by atoms with Crippen molar-refractivity contribution in [2.24, 2.45) is 0 Å². The fraction of sp³-hybridized carbons (Fsp3) is 0.0417. The van der Waals surface area contributed by atoms with E-state index in [2.05, 4.69) is 5.32 Å². The number of nitrogens with one attached hydrogen (secondary N) is 1. The maximum absolute atomic E-state index is 13.1. The van der Waals surface area contributed by atoms with Gasteiger partial charge in [-0.05, 0) is 84.5 Å². The zero-order valence-electron chi connectivity index (χ0n) is 16.9. The van der Waals surface area contributed by atoms with Crippen molar-refractivity contribution < 1.29 is 14.3 Å². The van der Waals surface area contributed by atoms with Crippen LogP contribution < -0.4 is 15.0 Å². The number of halogens is 1. The van der Waals surface area contributed by atoms with Gasteiger partial charge in [0.25, 0.3) is 11.8 Å². The molecule has 1 N–H and O–H groups in total. The summed E-state index contributed by atoms with van der Waals surface area (Å²) in [6.07, 6.45) is 1.56. The lowest BCUT2D eigenvalue weighted by atomic mass is 10.1. The van der Waals surface area contributed by atoms with Crippen molar-refractivity contribution in [3.63, 3.8) is 0 Å². The summed E-state index contributed by atoms with van der Waals surface area (Å²) in [6.45, 7) is 0. The molecule has 160 valence electrons. The smallest absolute Gasteiger partial charge is 0.270 e. The molecular formula is C24H17ClN2O3S2. The zero-order valence-corrected chi connectivity index (χ0v) is 19.3. The molecule has 0 radical (unpaired) electrons. The van der Waals surface area contributed by atoms with Crippen LogP contribution in [0.2, 0.25) is 5.02 Å². The molecule has 1 fully saturated rings. The van der Waals surface area contributed by atoms with Crippen molar-refractivity contribution in [3.8, 4) is 5.75 Å². The minimum Gasteiger partial charge on any atom is -0.497 e. The van der Waals surface area contributed by atoms with E-state index in [9.17, 15) is 9.59 Å². The van der Waals surface area contributed by atoms with E-state index in [-0.39, 0.29) is 10.7 Å². The number of thiocarbonyl (C=S) groups is 1. The molecule has 32 heavy (non-hydrogen) atoms. The third kappa shape index (κ3) is 4.85. The van der Waals surface area contributed by atoms with Gasteiger partial charge in [-0.15, -0.1) is 0 Å². The molecule has 2 amide bonds. The maximum Gasteiger partial charge on any atom is 0.270 e. The Balaban J connectivity index is 1.56. The number of carbonyl (C=O) groups is 2. The molecule has 0 saturated carbocycles. The van der Waals surface area contributed by atoms with Gasteiger partial charge in [-0.1, -0.05) is 35.5 Å². The number of benzene rings is 3. The van der Waals surface area contributed by atoms with E-state index >= 15 is 0 Å². The van der Waals surface area contributed by atoms with Crippen LogP contribution in [0.15, 0.2) is 88.2 Å². The van der Waals surface area contributed by atoms with Gasteiger partial charge in [-0.3, -0.25) is 19.8 Å². The highest BCUT2D eigenvalue weighted by Crippen LogP contribution is 2.29. The molecule has 0 aliphatic carbocycles. The monoisotopic (exact) mass is 480 g/mol. The van der Waals surface area contributed by atoms with Gasteiger partial charge in [-0.2, -0.15) is 0 Å². The topological polar surface area (TPSA) is 58.6 Å². The van der Waals surface area contributed by atoms with Crippen LogP contribution in [0, 0.1) is 0 Å². The van der Waals surface area contributed by atoms with Crippen LogP contribution in [0.4, 0.5) is 5.69 Å². The number of methoxy groups -OCH3 is 1. The van der Waals surface area contributed by atoms with Crippen LogP contribution in [-0.4, -0.2) is 24.0 Å². The van der Waals surface area contributed by atoms with Gasteiger partial charge in [0, 0.05) is 14.8 Å². The molecule has 4 rings (SSSR count). The average molecular weight is 481 g/mol. The molecule has 0 spiro atoms. The largest absolute Gasteiger partial charge is 0.497 e. The van der Waals surface area contributed by atoms with E-state index in [1.165, 1.54) is 4.90 Å². The second-order valence-electron chi connectivity index (χ2n) is 6.78. The number of nitrogens with zero attached hydrogens (tertiary/aromatic N) is 1. The molecule has 1 heterocycles. The highest BCUT2D eigenvalue weighted by Gasteiger charge is 2.34. The zero-order chi connectivity index (χ0) is 22.7. The molecule has 0 unspecified atom stereocenters. The van der Waals surface area contributed by atoms with Crippen LogP contribution in [-0.2, 0) is 9.59 Å². The molecular weight excluding hydrogens is 464 g/mol. The lowest BCUT2D eigenvalue weighted by molar-refractivity contribution is -0.122. The SMILES string of the molecule is COc1ccc(N2C(=O)/C(=C/c3ccc(Sc4ccc(Cl)cc4)cc3)C(=O)NC2=S)cc1. The predicted octanol–water partition coefficient (Wildman–Crippen LogP) is 5.33. The van der Waals surface area contributed by atoms with Crippen LogP contribution in [0.1, 0.15) is 5.56 Å². The predicted molar refractivity (Wildman–Crippen MR) is 131 cm³/mol. The highest BCUT2D eigenvalue weighted by atomic mass is 35.5. The Morgan fingerprint density at radius 2 is 1.53 bits per heavy atom. The van der Waals surface area contributed by atoms with Crippen molar-refractivity contribution in [2.45, 2.75) is 9.79 Å². The summed E-state index contributed by atoms with van der Waals surface area (Å²) in [4.78, 5) is 29.0. The number of hydrogen-bond acceptors (Lipinski definition) is 5. The quantitative estimate of drug-likeness (QED) is 0.304. The van der Waals surface area contributed by atoms with E-state index in [0.29, 0.717) is 16.5 Å². The first kappa shape index (κ1) is 22.1. The molecule has 3 aromatic rings. The Labute approximate surface area is 200 Å². The molecule has 1 saturated heterocycles. The Kier molecular flexibility index (Phi) is 6.60. The third-order valence-electron chi connectivity index (χ3n) is 4.67. The van der Waals surface area contributed by atoms with E-state index < -0.39 is 11.8 Å². The lowest BCUT2D eigenvalue weighted by Gasteiger charge is -2.29. The van der Waals surface area contributed by atoms with Gasteiger partial charge < -0.3 is 4.74 Å². The summed E-state index contributed by atoms with van der Waals surface area (Å²) in [5.74, 6) is -0.353. The molecule has 0 atom stereocenters. The summed E-state index contributed by atoms with van der Waals surface area (Å²) in [7, 11) is 1.56. The summed E-state index contributed by atoms with van der Waals surface area (Å²) >= 11 is 12.8. The van der Waals surface area contributed by atoms with Crippen LogP contribution in [0.5, 0.6) is 5.75 Å². The van der Waals surface area contributed by atoms with Gasteiger partial charge in [0.15, 0.2) is 5.11 Å². The van der Waals surface area contributed by atoms with E-state index in [0.717, 1.165) is 15.4 Å². The van der Waals surface area contributed by atoms with Gasteiger partial charge in [0.2, 0.25) is 0 Å². The van der Waals surface area contributed by atoms with Gasteiger partial charge in [-0.25, -0.2) is 0 Å². The minimum absolute atomic E-state index is 0.00697. The summed E-state index contributed by atoms with van der Waals surface area (Å²) in [5.41, 5.74) is 1.28. The Bertz CT molecular complexity index is 1210. The minimum atomic E-state index is -0.524. The maximum atomic E-state index is 13.1. The molecule has 1 aliphatic heterocycles. The number of ether oxygens (including phenoxy) is 1. The van der Waals surface area contributed by atoms with Gasteiger partial charge in [0.1, 0.15) is 11.3 Å². The fourth-order valence-electron chi connectivity index (χ4n) is 3.06. The number of carbonyl (C=O) groups excluding carboxylic acids is 2. The van der Waals surface area contributed by atoms with Crippen LogP contribution in [0.3, 0.4) is 0 Å². The van der Waals surface area contributed by atoms with E-state index in [1.54, 1.807) is 49.2 Å². The first-order valence-electron chi connectivity index (χ1n) is 9.53. The molecule has 5 nitrogen and oxygen atoms in total. The fourth-order valence-corrected chi connectivity index (χ4v) is 4.28. The first-order chi connectivity index (χ1) is 15.4. The third-order valence-corrected chi connectivity index (χ3v) is 6.23. The van der Waals surface area contributed by atoms with Crippen molar-refractivity contribution in [1.82, 2.24) is 5.32 Å². The average Bonchev–Trinajstić information content (AvgIpc) is 2.79. The molecule has 3 aromatic carbocycles. The Morgan fingerprint density at radius 1 is 0.938 bits per heavy atom. The highest BCUT2D eigenvalue weighted by molar-refractivity contribution is 7.99. The van der Waals surface area contributed by atoms with Gasteiger partial charge >= 0.3 is 0 Å². The van der Waals surface area contributed by atoms with Crippen LogP contribution in [0.25, 0.3) is 6.08 Å². The molecule has 8 heteroatoms. The number of hydrogen-bond donors (Lipinski definition) is 1. The summed E-state index contributed by atoms with van der Waals surface area (Å²) < 4.78 is 5.15. The van der Waals surface area contributed by atoms with E-state index in [4.69, 9.17) is 28.6 Å². The molecule has 1 aliphatic rings. The van der Waals surface area contributed by atoms with Gasteiger partial charge in [0.05, 0.1) is 12.8 Å². The van der Waals surface area contributed by atoms with Crippen molar-refractivity contribution in [2.75, 3.05) is 12.0 Å². The summed E-state index contributed by atoms with van der Waals surface area (Å²) in [5, 5.41) is 3.32. The normalized spacial score (nSPS) is 15.1. The van der Waals surface area contributed by atoms with Crippen molar-refractivity contribution in [1.29, 1.82) is 0 Å².